The normalized spacial score (nSPS) is 12.5. The van der Waals surface area contributed by atoms with Gasteiger partial charge in [0.2, 0.25) is 11.7 Å². The lowest BCUT2D eigenvalue weighted by Crippen LogP contribution is -2.26. The van der Waals surface area contributed by atoms with Gasteiger partial charge in [-0.2, -0.15) is 4.98 Å². The predicted octanol–water partition coefficient (Wildman–Crippen LogP) is 4.32. The van der Waals surface area contributed by atoms with E-state index in [1.165, 1.54) is 5.56 Å². The van der Waals surface area contributed by atoms with E-state index in [4.69, 9.17) is 4.52 Å². The van der Waals surface area contributed by atoms with Crippen LogP contribution in [0.5, 0.6) is 0 Å². The van der Waals surface area contributed by atoms with Gasteiger partial charge in [-0.05, 0) is 19.0 Å². The van der Waals surface area contributed by atoms with Crippen molar-refractivity contribution in [3.05, 3.63) is 72.1 Å². The van der Waals surface area contributed by atoms with E-state index < -0.39 is 0 Å². The van der Waals surface area contributed by atoms with Crippen LogP contribution in [0.25, 0.3) is 11.4 Å². The first-order valence-corrected chi connectivity index (χ1v) is 7.95. The second-order valence-corrected chi connectivity index (χ2v) is 5.55. The average Bonchev–Trinajstić information content (AvgIpc) is 3.11. The van der Waals surface area contributed by atoms with Gasteiger partial charge in [-0.15, -0.1) is 0 Å². The van der Waals surface area contributed by atoms with E-state index in [9.17, 15) is 0 Å². The maximum absolute atomic E-state index is 5.50. The van der Waals surface area contributed by atoms with Gasteiger partial charge in [0.15, 0.2) is 0 Å². The molecule has 0 radical (unpaired) electrons. The molecular formula is C19H21N3O. The van der Waals surface area contributed by atoms with Crippen LogP contribution in [0.15, 0.2) is 65.2 Å². The lowest BCUT2D eigenvalue weighted by atomic mass is 10.2. The molecule has 0 N–H and O–H groups in total. The van der Waals surface area contributed by atoms with Crippen LogP contribution in [0, 0.1) is 0 Å². The molecule has 3 rings (SSSR count). The van der Waals surface area contributed by atoms with Gasteiger partial charge in [-0.3, -0.25) is 4.90 Å². The first-order valence-electron chi connectivity index (χ1n) is 7.95. The number of rotatable bonds is 6. The summed E-state index contributed by atoms with van der Waals surface area (Å²) in [6.45, 7) is 6.03. The minimum atomic E-state index is 0.0742. The third kappa shape index (κ3) is 3.66. The lowest BCUT2D eigenvalue weighted by molar-refractivity contribution is 0.173. The van der Waals surface area contributed by atoms with E-state index in [0.717, 1.165) is 18.7 Å². The van der Waals surface area contributed by atoms with Crippen molar-refractivity contribution in [2.24, 2.45) is 0 Å². The van der Waals surface area contributed by atoms with Gasteiger partial charge >= 0.3 is 0 Å². The predicted molar refractivity (Wildman–Crippen MR) is 90.7 cm³/mol. The highest BCUT2D eigenvalue weighted by Gasteiger charge is 2.21. The Kier molecular flexibility index (Phi) is 4.83. The maximum atomic E-state index is 5.50. The van der Waals surface area contributed by atoms with Gasteiger partial charge in [0.1, 0.15) is 0 Å². The Balaban J connectivity index is 1.76. The van der Waals surface area contributed by atoms with Crippen LogP contribution in [-0.4, -0.2) is 21.6 Å². The molecule has 0 saturated carbocycles. The van der Waals surface area contributed by atoms with Gasteiger partial charge < -0.3 is 4.52 Å². The molecule has 4 nitrogen and oxygen atoms in total. The fourth-order valence-corrected chi connectivity index (χ4v) is 2.61. The Labute approximate surface area is 136 Å². The van der Waals surface area contributed by atoms with Crippen molar-refractivity contribution >= 4 is 0 Å². The van der Waals surface area contributed by atoms with Crippen LogP contribution in [0.4, 0.5) is 0 Å². The summed E-state index contributed by atoms with van der Waals surface area (Å²) in [7, 11) is 0. The Bertz CT molecular complexity index is 725. The second-order valence-electron chi connectivity index (χ2n) is 5.55. The van der Waals surface area contributed by atoms with Crippen LogP contribution in [-0.2, 0) is 6.54 Å². The Morgan fingerprint density at radius 3 is 2.30 bits per heavy atom. The van der Waals surface area contributed by atoms with Gasteiger partial charge in [-0.25, -0.2) is 0 Å². The molecule has 1 aromatic heterocycles. The summed E-state index contributed by atoms with van der Waals surface area (Å²) in [5.74, 6) is 1.30. The highest BCUT2D eigenvalue weighted by atomic mass is 16.5. The first-order chi connectivity index (χ1) is 11.3. The quantitative estimate of drug-likeness (QED) is 0.680. The molecule has 23 heavy (non-hydrogen) atoms. The number of aromatic nitrogens is 2. The van der Waals surface area contributed by atoms with Gasteiger partial charge in [-0.1, -0.05) is 72.7 Å². The van der Waals surface area contributed by atoms with Crippen molar-refractivity contribution in [1.29, 1.82) is 0 Å². The zero-order chi connectivity index (χ0) is 16.1. The monoisotopic (exact) mass is 307 g/mol. The van der Waals surface area contributed by atoms with Gasteiger partial charge in [0, 0.05) is 12.1 Å². The van der Waals surface area contributed by atoms with Crippen LogP contribution in [0.1, 0.15) is 31.3 Å². The molecule has 0 aliphatic heterocycles. The standard InChI is InChI=1S/C19H21N3O/c1-3-22(14-16-10-6-4-7-11-16)15(2)19-20-18(21-23-19)17-12-8-5-9-13-17/h4-13,15H,3,14H2,1-2H3. The highest BCUT2D eigenvalue weighted by molar-refractivity contribution is 5.53. The average molecular weight is 307 g/mol. The molecule has 1 atom stereocenters. The molecule has 0 aliphatic rings. The molecule has 1 heterocycles. The molecule has 0 spiro atoms. The van der Waals surface area contributed by atoms with E-state index in [1.54, 1.807) is 0 Å². The summed E-state index contributed by atoms with van der Waals surface area (Å²) in [4.78, 5) is 6.89. The molecular weight excluding hydrogens is 286 g/mol. The van der Waals surface area contributed by atoms with Crippen LogP contribution < -0.4 is 0 Å². The molecule has 0 aliphatic carbocycles. The van der Waals surface area contributed by atoms with Crippen molar-refractivity contribution < 1.29 is 4.52 Å². The summed E-state index contributed by atoms with van der Waals surface area (Å²) in [5, 5.41) is 4.12. The molecule has 3 aromatic rings. The second kappa shape index (κ2) is 7.20. The van der Waals surface area contributed by atoms with E-state index in [1.807, 2.05) is 36.4 Å². The van der Waals surface area contributed by atoms with Crippen LogP contribution in [0.3, 0.4) is 0 Å². The molecule has 1 unspecified atom stereocenters. The minimum absolute atomic E-state index is 0.0742. The Hall–Kier alpha value is -2.46. The smallest absolute Gasteiger partial charge is 0.244 e. The number of hydrogen-bond acceptors (Lipinski definition) is 4. The van der Waals surface area contributed by atoms with Crippen molar-refractivity contribution in [2.75, 3.05) is 6.54 Å². The highest BCUT2D eigenvalue weighted by Crippen LogP contribution is 2.23. The zero-order valence-electron chi connectivity index (χ0n) is 13.5. The van der Waals surface area contributed by atoms with E-state index >= 15 is 0 Å². The molecule has 0 fully saturated rings. The fraction of sp³-hybridized carbons (Fsp3) is 0.263. The zero-order valence-corrected chi connectivity index (χ0v) is 13.5. The molecule has 0 bridgehead atoms. The number of hydrogen-bond donors (Lipinski definition) is 0. The van der Waals surface area contributed by atoms with Crippen molar-refractivity contribution in [3.63, 3.8) is 0 Å². The van der Waals surface area contributed by atoms with Crippen molar-refractivity contribution in [3.8, 4) is 11.4 Å². The van der Waals surface area contributed by atoms with Crippen LogP contribution >= 0.6 is 0 Å². The van der Waals surface area contributed by atoms with Gasteiger partial charge in [0.05, 0.1) is 6.04 Å². The maximum Gasteiger partial charge on any atom is 0.244 e. The first kappa shape index (κ1) is 15.4. The molecule has 0 saturated heterocycles. The van der Waals surface area contributed by atoms with Gasteiger partial charge in [0.25, 0.3) is 0 Å². The molecule has 0 amide bonds. The molecule has 2 aromatic carbocycles. The van der Waals surface area contributed by atoms with E-state index in [2.05, 4.69) is 53.2 Å². The summed E-state index contributed by atoms with van der Waals surface area (Å²) in [6, 6.07) is 20.4. The van der Waals surface area contributed by atoms with E-state index in [-0.39, 0.29) is 6.04 Å². The Morgan fingerprint density at radius 1 is 1.00 bits per heavy atom. The molecule has 118 valence electrons. The number of benzene rings is 2. The van der Waals surface area contributed by atoms with Crippen molar-refractivity contribution in [1.82, 2.24) is 15.0 Å². The fourth-order valence-electron chi connectivity index (χ4n) is 2.61. The van der Waals surface area contributed by atoms with Crippen molar-refractivity contribution in [2.45, 2.75) is 26.4 Å². The minimum Gasteiger partial charge on any atom is -0.337 e. The lowest BCUT2D eigenvalue weighted by Gasteiger charge is -2.25. The Morgan fingerprint density at radius 2 is 1.65 bits per heavy atom. The molecule has 4 heteroatoms. The summed E-state index contributed by atoms with van der Waals surface area (Å²) in [5.41, 5.74) is 2.25. The summed E-state index contributed by atoms with van der Waals surface area (Å²) >= 11 is 0. The largest absolute Gasteiger partial charge is 0.337 e. The topological polar surface area (TPSA) is 42.2 Å². The SMILES string of the molecule is CCN(Cc1ccccc1)C(C)c1nc(-c2ccccc2)no1. The number of nitrogens with zero attached hydrogens (tertiary/aromatic N) is 3. The third-order valence-electron chi connectivity index (χ3n) is 4.01. The van der Waals surface area contributed by atoms with Crippen LogP contribution in [0.2, 0.25) is 0 Å². The summed E-state index contributed by atoms with van der Waals surface area (Å²) in [6.07, 6.45) is 0. The van der Waals surface area contributed by atoms with E-state index in [0.29, 0.717) is 11.7 Å². The third-order valence-corrected chi connectivity index (χ3v) is 4.01. The summed E-state index contributed by atoms with van der Waals surface area (Å²) < 4.78 is 5.50.